The lowest BCUT2D eigenvalue weighted by molar-refractivity contribution is -0.132. The van der Waals surface area contributed by atoms with E-state index >= 15 is 0 Å². The Morgan fingerprint density at radius 2 is 1.84 bits per heavy atom. The molecule has 1 aliphatic heterocycles. The molecule has 1 fully saturated rings. The van der Waals surface area contributed by atoms with Crippen LogP contribution in [0.25, 0.3) is 6.08 Å². The number of rotatable bonds is 4. The van der Waals surface area contributed by atoms with Gasteiger partial charge < -0.3 is 0 Å². The van der Waals surface area contributed by atoms with Crippen LogP contribution in [-0.4, -0.2) is 21.1 Å². The number of carbonyl (C=O) groups excluding carboxylic acids is 2. The van der Waals surface area contributed by atoms with Gasteiger partial charge in [-0.3, -0.25) is 15.0 Å². The second-order valence-corrected chi connectivity index (χ2v) is 6.91. The third-order valence-electron chi connectivity index (χ3n) is 3.43. The maximum Gasteiger partial charge on any atom is 0.285 e. The molecule has 1 heterocycles. The first-order valence-corrected chi connectivity index (χ1v) is 8.63. The SMILES string of the molecule is O=C(Cc1ccccc1)NN1C(=O)C(=Cc2ccccc2F)SC1=S. The van der Waals surface area contributed by atoms with E-state index in [1.165, 1.54) is 12.1 Å². The Kier molecular flexibility index (Phi) is 5.25. The minimum Gasteiger partial charge on any atom is -0.273 e. The lowest BCUT2D eigenvalue weighted by Gasteiger charge is -2.15. The Bertz CT molecular complexity index is 868. The number of hydrogen-bond donors (Lipinski definition) is 1. The predicted molar refractivity (Wildman–Crippen MR) is 99.7 cm³/mol. The van der Waals surface area contributed by atoms with Crippen LogP contribution in [0, 0.1) is 5.82 Å². The quantitative estimate of drug-likeness (QED) is 0.661. The van der Waals surface area contributed by atoms with Gasteiger partial charge in [-0.2, -0.15) is 5.01 Å². The van der Waals surface area contributed by atoms with E-state index < -0.39 is 11.7 Å². The van der Waals surface area contributed by atoms with Gasteiger partial charge in [0.05, 0.1) is 11.3 Å². The molecule has 7 heteroatoms. The third-order valence-corrected chi connectivity index (χ3v) is 4.73. The fraction of sp³-hybridized carbons (Fsp3) is 0.0556. The minimum atomic E-state index is -0.473. The van der Waals surface area contributed by atoms with Crippen LogP contribution in [0.5, 0.6) is 0 Å². The number of halogens is 1. The normalized spacial score (nSPS) is 15.7. The average molecular weight is 372 g/mol. The molecule has 0 aliphatic carbocycles. The second-order valence-electron chi connectivity index (χ2n) is 5.24. The topological polar surface area (TPSA) is 49.4 Å². The molecule has 1 saturated heterocycles. The van der Waals surface area contributed by atoms with Gasteiger partial charge in [0, 0.05) is 5.56 Å². The average Bonchev–Trinajstić information content (AvgIpc) is 2.85. The van der Waals surface area contributed by atoms with Crippen molar-refractivity contribution < 1.29 is 14.0 Å². The molecule has 1 aliphatic rings. The van der Waals surface area contributed by atoms with Crippen molar-refractivity contribution in [2.24, 2.45) is 0 Å². The molecular formula is C18H13FN2O2S2. The Balaban J connectivity index is 1.71. The van der Waals surface area contributed by atoms with Gasteiger partial charge >= 0.3 is 0 Å². The molecule has 0 radical (unpaired) electrons. The fourth-order valence-corrected chi connectivity index (χ4v) is 3.41. The first kappa shape index (κ1) is 17.3. The van der Waals surface area contributed by atoms with E-state index in [0.29, 0.717) is 5.56 Å². The van der Waals surface area contributed by atoms with Gasteiger partial charge in [-0.1, -0.05) is 60.3 Å². The van der Waals surface area contributed by atoms with Gasteiger partial charge in [0.25, 0.3) is 5.91 Å². The third kappa shape index (κ3) is 4.12. The lowest BCUT2D eigenvalue weighted by atomic mass is 10.1. The van der Waals surface area contributed by atoms with E-state index in [4.69, 9.17) is 12.2 Å². The molecule has 1 N–H and O–H groups in total. The maximum atomic E-state index is 13.7. The fourth-order valence-electron chi connectivity index (χ4n) is 2.24. The number of nitrogens with zero attached hydrogens (tertiary/aromatic N) is 1. The molecule has 0 atom stereocenters. The van der Waals surface area contributed by atoms with Crippen LogP contribution in [0.4, 0.5) is 4.39 Å². The van der Waals surface area contributed by atoms with Crippen molar-refractivity contribution in [3.63, 3.8) is 0 Å². The molecule has 0 spiro atoms. The summed E-state index contributed by atoms with van der Waals surface area (Å²) in [6.07, 6.45) is 1.56. The Labute approximate surface area is 153 Å². The van der Waals surface area contributed by atoms with Crippen molar-refractivity contribution in [3.8, 4) is 0 Å². The molecule has 0 aromatic heterocycles. The minimum absolute atomic E-state index is 0.129. The number of amides is 2. The molecule has 0 unspecified atom stereocenters. The number of thiocarbonyl (C=S) groups is 1. The monoisotopic (exact) mass is 372 g/mol. The van der Waals surface area contributed by atoms with Crippen LogP contribution in [0.2, 0.25) is 0 Å². The van der Waals surface area contributed by atoms with Gasteiger partial charge in [-0.25, -0.2) is 4.39 Å². The summed E-state index contributed by atoms with van der Waals surface area (Å²) in [5.74, 6) is -1.25. The van der Waals surface area contributed by atoms with Crippen LogP contribution < -0.4 is 5.43 Å². The standard InChI is InChI=1S/C18H13FN2O2S2/c19-14-9-5-4-8-13(14)11-15-17(23)21(18(24)25-15)20-16(22)10-12-6-2-1-3-7-12/h1-9,11H,10H2,(H,20,22). The van der Waals surface area contributed by atoms with Crippen molar-refractivity contribution in [3.05, 3.63) is 76.4 Å². The second kappa shape index (κ2) is 7.58. The van der Waals surface area contributed by atoms with Crippen molar-refractivity contribution in [2.75, 3.05) is 0 Å². The molecule has 3 rings (SSSR count). The Morgan fingerprint density at radius 1 is 1.16 bits per heavy atom. The summed E-state index contributed by atoms with van der Waals surface area (Å²) in [6, 6.07) is 15.3. The number of carbonyl (C=O) groups is 2. The van der Waals surface area contributed by atoms with Crippen molar-refractivity contribution in [2.45, 2.75) is 6.42 Å². The molecule has 2 aromatic rings. The zero-order chi connectivity index (χ0) is 17.8. The van der Waals surface area contributed by atoms with Crippen LogP contribution in [0.15, 0.2) is 59.5 Å². The molecule has 25 heavy (non-hydrogen) atoms. The van der Waals surface area contributed by atoms with Crippen LogP contribution in [0.3, 0.4) is 0 Å². The van der Waals surface area contributed by atoms with Gasteiger partial charge in [-0.15, -0.1) is 0 Å². The number of thioether (sulfide) groups is 1. The molecule has 2 aromatic carbocycles. The van der Waals surface area contributed by atoms with Crippen LogP contribution >= 0.6 is 24.0 Å². The Morgan fingerprint density at radius 3 is 2.56 bits per heavy atom. The van der Waals surface area contributed by atoms with Crippen LogP contribution in [-0.2, 0) is 16.0 Å². The smallest absolute Gasteiger partial charge is 0.273 e. The summed E-state index contributed by atoms with van der Waals surface area (Å²) < 4.78 is 13.9. The van der Waals surface area contributed by atoms with Crippen LogP contribution in [0.1, 0.15) is 11.1 Å². The summed E-state index contributed by atoms with van der Waals surface area (Å²) >= 11 is 6.17. The van der Waals surface area contributed by atoms with E-state index in [-0.39, 0.29) is 21.6 Å². The Hall–Kier alpha value is -2.51. The molecule has 2 amide bonds. The van der Waals surface area contributed by atoms with E-state index in [1.54, 1.807) is 18.2 Å². The summed E-state index contributed by atoms with van der Waals surface area (Å²) in [6.45, 7) is 0. The highest BCUT2D eigenvalue weighted by atomic mass is 32.2. The number of hydrazine groups is 1. The van der Waals surface area contributed by atoms with Crippen molar-refractivity contribution in [1.29, 1.82) is 0 Å². The predicted octanol–water partition coefficient (Wildman–Crippen LogP) is 3.30. The summed E-state index contributed by atoms with van der Waals surface area (Å²) in [5, 5.41) is 1.03. The zero-order valence-electron chi connectivity index (χ0n) is 12.9. The van der Waals surface area contributed by atoms with E-state index in [0.717, 1.165) is 22.3 Å². The summed E-state index contributed by atoms with van der Waals surface area (Å²) in [4.78, 5) is 24.8. The molecule has 126 valence electrons. The number of nitrogens with one attached hydrogen (secondary N) is 1. The van der Waals surface area contributed by atoms with E-state index in [9.17, 15) is 14.0 Å². The maximum absolute atomic E-state index is 13.7. The molecule has 0 saturated carbocycles. The molecular weight excluding hydrogens is 359 g/mol. The molecule has 0 bridgehead atoms. The largest absolute Gasteiger partial charge is 0.285 e. The first-order chi connectivity index (χ1) is 12.0. The number of benzene rings is 2. The summed E-state index contributed by atoms with van der Waals surface area (Å²) in [5.41, 5.74) is 3.62. The highest BCUT2D eigenvalue weighted by molar-refractivity contribution is 8.26. The lowest BCUT2D eigenvalue weighted by Crippen LogP contribution is -2.45. The number of hydrogen-bond acceptors (Lipinski definition) is 4. The van der Waals surface area contributed by atoms with Gasteiger partial charge in [0.1, 0.15) is 5.82 Å². The first-order valence-electron chi connectivity index (χ1n) is 7.40. The van der Waals surface area contributed by atoms with E-state index in [2.05, 4.69) is 5.43 Å². The highest BCUT2D eigenvalue weighted by Crippen LogP contribution is 2.31. The van der Waals surface area contributed by atoms with Gasteiger partial charge in [0.15, 0.2) is 4.32 Å². The zero-order valence-corrected chi connectivity index (χ0v) is 14.6. The van der Waals surface area contributed by atoms with Crippen molar-refractivity contribution >= 4 is 46.2 Å². The highest BCUT2D eigenvalue weighted by Gasteiger charge is 2.33. The molecule has 4 nitrogen and oxygen atoms in total. The summed E-state index contributed by atoms with van der Waals surface area (Å²) in [7, 11) is 0. The van der Waals surface area contributed by atoms with E-state index in [1.807, 2.05) is 30.3 Å². The van der Waals surface area contributed by atoms with Crippen molar-refractivity contribution in [1.82, 2.24) is 10.4 Å². The van der Waals surface area contributed by atoms with Gasteiger partial charge in [-0.05, 0) is 29.9 Å². The van der Waals surface area contributed by atoms with Gasteiger partial charge in [0.2, 0.25) is 5.91 Å².